The molecule has 0 aliphatic carbocycles. The van der Waals surface area contributed by atoms with Crippen LogP contribution in [-0.2, 0) is 6.54 Å². The van der Waals surface area contributed by atoms with Crippen LogP contribution in [-0.4, -0.2) is 28.1 Å². The first-order valence-electron chi connectivity index (χ1n) is 5.53. The number of aryl methyl sites for hydroxylation is 1. The molecule has 4 nitrogen and oxygen atoms in total. The smallest absolute Gasteiger partial charge is 0.0945 e. The van der Waals surface area contributed by atoms with Crippen LogP contribution in [0, 0.1) is 0 Å². The second-order valence-electron chi connectivity index (χ2n) is 3.94. The van der Waals surface area contributed by atoms with Gasteiger partial charge in [-0.3, -0.25) is 4.98 Å². The lowest BCUT2D eigenvalue weighted by Crippen LogP contribution is -2.19. The van der Waals surface area contributed by atoms with Crippen LogP contribution in [0.25, 0.3) is 0 Å². The normalized spacial score (nSPS) is 10.5. The average molecular weight is 295 g/mol. The zero-order valence-electron chi connectivity index (χ0n) is 9.75. The van der Waals surface area contributed by atoms with Crippen molar-refractivity contribution in [3.05, 3.63) is 41.7 Å². The van der Waals surface area contributed by atoms with E-state index in [0.29, 0.717) is 0 Å². The summed E-state index contributed by atoms with van der Waals surface area (Å²) >= 11 is 3.43. The van der Waals surface area contributed by atoms with Crippen LogP contribution in [0.4, 0.5) is 5.69 Å². The number of hydrogen-bond donors (Lipinski definition) is 0. The standard InChI is InChI=1S/C12H15BrN4/c1-16(12-7-11(13)8-15-9-12)4-2-5-17-6-3-14-10-17/h3,6-10H,2,4-5H2,1H3. The molecule has 0 aliphatic rings. The minimum Gasteiger partial charge on any atom is -0.373 e. The van der Waals surface area contributed by atoms with Gasteiger partial charge in [-0.1, -0.05) is 0 Å². The van der Waals surface area contributed by atoms with Crippen molar-refractivity contribution in [3.8, 4) is 0 Å². The highest BCUT2D eigenvalue weighted by atomic mass is 79.9. The summed E-state index contributed by atoms with van der Waals surface area (Å²) in [6.45, 7) is 1.99. The average Bonchev–Trinajstić information content (AvgIpc) is 2.82. The first-order chi connectivity index (χ1) is 8.25. The Morgan fingerprint density at radius 2 is 2.24 bits per heavy atom. The quantitative estimate of drug-likeness (QED) is 0.850. The number of halogens is 1. The molecule has 0 fully saturated rings. The number of hydrogen-bond acceptors (Lipinski definition) is 3. The molecule has 17 heavy (non-hydrogen) atoms. The van der Waals surface area contributed by atoms with Gasteiger partial charge in [0.2, 0.25) is 0 Å². The summed E-state index contributed by atoms with van der Waals surface area (Å²) in [7, 11) is 2.08. The van der Waals surface area contributed by atoms with Crippen molar-refractivity contribution in [1.29, 1.82) is 0 Å². The highest BCUT2D eigenvalue weighted by Crippen LogP contribution is 2.17. The van der Waals surface area contributed by atoms with Gasteiger partial charge in [-0.15, -0.1) is 0 Å². The molecule has 0 aromatic carbocycles. The van der Waals surface area contributed by atoms with Gasteiger partial charge in [-0.05, 0) is 28.4 Å². The van der Waals surface area contributed by atoms with Gasteiger partial charge in [0, 0.05) is 43.2 Å². The van der Waals surface area contributed by atoms with E-state index in [1.807, 2.05) is 24.9 Å². The molecule has 2 rings (SSSR count). The Bertz CT molecular complexity index is 455. The van der Waals surface area contributed by atoms with Crippen molar-refractivity contribution < 1.29 is 0 Å². The van der Waals surface area contributed by atoms with E-state index in [1.54, 1.807) is 6.20 Å². The highest BCUT2D eigenvalue weighted by Gasteiger charge is 2.01. The molecule has 2 aromatic heterocycles. The summed E-state index contributed by atoms with van der Waals surface area (Å²) < 4.78 is 3.10. The first kappa shape index (κ1) is 12.1. The summed E-state index contributed by atoms with van der Waals surface area (Å²) in [4.78, 5) is 10.4. The molecule has 0 spiro atoms. The van der Waals surface area contributed by atoms with E-state index in [-0.39, 0.29) is 0 Å². The maximum atomic E-state index is 4.16. The molecular weight excluding hydrogens is 280 g/mol. The third kappa shape index (κ3) is 3.56. The van der Waals surface area contributed by atoms with Gasteiger partial charge in [0.05, 0.1) is 18.2 Å². The number of rotatable bonds is 5. The van der Waals surface area contributed by atoms with Crippen LogP contribution in [0.15, 0.2) is 41.7 Å². The number of anilines is 1. The van der Waals surface area contributed by atoms with Crippen molar-refractivity contribution in [1.82, 2.24) is 14.5 Å². The lowest BCUT2D eigenvalue weighted by molar-refractivity contribution is 0.637. The first-order valence-corrected chi connectivity index (χ1v) is 6.32. The van der Waals surface area contributed by atoms with E-state index in [9.17, 15) is 0 Å². The van der Waals surface area contributed by atoms with E-state index in [1.165, 1.54) is 0 Å². The molecule has 0 amide bonds. The second-order valence-corrected chi connectivity index (χ2v) is 4.85. The predicted octanol–water partition coefficient (Wildman–Crippen LogP) is 2.57. The number of pyridine rings is 1. The largest absolute Gasteiger partial charge is 0.373 e. The van der Waals surface area contributed by atoms with Crippen molar-refractivity contribution in [2.75, 3.05) is 18.5 Å². The third-order valence-electron chi connectivity index (χ3n) is 2.60. The zero-order chi connectivity index (χ0) is 12.1. The van der Waals surface area contributed by atoms with Gasteiger partial charge in [0.1, 0.15) is 0 Å². The van der Waals surface area contributed by atoms with Crippen molar-refractivity contribution in [2.45, 2.75) is 13.0 Å². The van der Waals surface area contributed by atoms with Gasteiger partial charge < -0.3 is 9.47 Å². The lowest BCUT2D eigenvalue weighted by atomic mass is 10.3. The Hall–Kier alpha value is -1.36. The number of aromatic nitrogens is 3. The van der Waals surface area contributed by atoms with Gasteiger partial charge in [0.25, 0.3) is 0 Å². The summed E-state index contributed by atoms with van der Waals surface area (Å²) in [5.41, 5.74) is 1.13. The molecule has 0 N–H and O–H groups in total. The predicted molar refractivity (Wildman–Crippen MR) is 72.1 cm³/mol. The lowest BCUT2D eigenvalue weighted by Gasteiger charge is -2.19. The molecule has 2 heterocycles. The van der Waals surface area contributed by atoms with E-state index < -0.39 is 0 Å². The van der Waals surface area contributed by atoms with Gasteiger partial charge >= 0.3 is 0 Å². The third-order valence-corrected chi connectivity index (χ3v) is 3.03. The Balaban J connectivity index is 1.83. The molecule has 0 atom stereocenters. The Kier molecular flexibility index (Phi) is 4.14. The van der Waals surface area contributed by atoms with E-state index in [0.717, 1.165) is 29.7 Å². The SMILES string of the molecule is CN(CCCn1ccnc1)c1cncc(Br)c1. The minimum absolute atomic E-state index is 0.992. The topological polar surface area (TPSA) is 34.0 Å². The molecule has 5 heteroatoms. The minimum atomic E-state index is 0.992. The Morgan fingerprint density at radius 1 is 1.35 bits per heavy atom. The summed E-state index contributed by atoms with van der Waals surface area (Å²) in [5, 5.41) is 0. The van der Waals surface area contributed by atoms with E-state index in [2.05, 4.69) is 48.5 Å². The van der Waals surface area contributed by atoms with Crippen LogP contribution in [0.1, 0.15) is 6.42 Å². The molecule has 0 saturated heterocycles. The molecule has 0 unspecified atom stereocenters. The van der Waals surface area contributed by atoms with Crippen LogP contribution >= 0.6 is 15.9 Å². The van der Waals surface area contributed by atoms with Crippen LogP contribution < -0.4 is 4.90 Å². The fraction of sp³-hybridized carbons (Fsp3) is 0.333. The fourth-order valence-corrected chi connectivity index (χ4v) is 2.00. The molecule has 2 aromatic rings. The maximum Gasteiger partial charge on any atom is 0.0945 e. The van der Waals surface area contributed by atoms with Crippen molar-refractivity contribution >= 4 is 21.6 Å². The molecular formula is C12H15BrN4. The molecule has 0 saturated carbocycles. The monoisotopic (exact) mass is 294 g/mol. The molecule has 0 aliphatic heterocycles. The van der Waals surface area contributed by atoms with Crippen molar-refractivity contribution in [2.24, 2.45) is 0 Å². The molecule has 0 radical (unpaired) electrons. The van der Waals surface area contributed by atoms with Gasteiger partial charge in [-0.2, -0.15) is 0 Å². The Labute approximate surface area is 109 Å². The van der Waals surface area contributed by atoms with E-state index >= 15 is 0 Å². The Morgan fingerprint density at radius 3 is 2.94 bits per heavy atom. The van der Waals surface area contributed by atoms with Crippen molar-refractivity contribution in [3.63, 3.8) is 0 Å². The van der Waals surface area contributed by atoms with Crippen LogP contribution in [0.5, 0.6) is 0 Å². The fourth-order valence-electron chi connectivity index (χ4n) is 1.65. The van der Waals surface area contributed by atoms with Gasteiger partial charge in [0.15, 0.2) is 0 Å². The zero-order valence-corrected chi connectivity index (χ0v) is 11.3. The highest BCUT2D eigenvalue weighted by molar-refractivity contribution is 9.10. The van der Waals surface area contributed by atoms with Gasteiger partial charge in [-0.25, -0.2) is 4.98 Å². The van der Waals surface area contributed by atoms with Crippen LogP contribution in [0.3, 0.4) is 0 Å². The number of nitrogens with zero attached hydrogens (tertiary/aromatic N) is 4. The maximum absolute atomic E-state index is 4.16. The summed E-state index contributed by atoms with van der Waals surface area (Å²) in [6, 6.07) is 2.07. The second kappa shape index (κ2) is 5.82. The molecule has 90 valence electrons. The van der Waals surface area contributed by atoms with E-state index in [4.69, 9.17) is 0 Å². The molecule has 0 bridgehead atoms. The number of imidazole rings is 1. The summed E-state index contributed by atoms with van der Waals surface area (Å²) in [6.07, 6.45) is 10.4. The van der Waals surface area contributed by atoms with Crippen LogP contribution in [0.2, 0.25) is 0 Å². The summed E-state index contributed by atoms with van der Waals surface area (Å²) in [5.74, 6) is 0.